The molecule has 0 aliphatic heterocycles. The number of nitrogens with zero attached hydrogens (tertiary/aromatic N) is 1. The molecule has 7 heteroatoms. The number of urea groups is 1. The summed E-state index contributed by atoms with van der Waals surface area (Å²) in [6.45, 7) is 5.25. The number of nitrogens with two attached hydrogens (primary N) is 1. The number of primary amides is 1. The summed E-state index contributed by atoms with van der Waals surface area (Å²) in [5, 5.41) is 12.2. The van der Waals surface area contributed by atoms with Gasteiger partial charge in [-0.15, -0.1) is 0 Å². The summed E-state index contributed by atoms with van der Waals surface area (Å²) in [7, 11) is 0. The molecule has 3 amide bonds. The van der Waals surface area contributed by atoms with E-state index < -0.39 is 23.4 Å². The predicted molar refractivity (Wildman–Crippen MR) is 77.6 cm³/mol. The fourth-order valence-corrected chi connectivity index (χ4v) is 2.85. The summed E-state index contributed by atoms with van der Waals surface area (Å²) in [4.78, 5) is 36.3. The van der Waals surface area contributed by atoms with Crippen LogP contribution in [-0.2, 0) is 9.59 Å². The Labute approximate surface area is 124 Å². The second-order valence-electron chi connectivity index (χ2n) is 6.21. The Morgan fingerprint density at radius 2 is 2.05 bits per heavy atom. The molecule has 1 fully saturated rings. The first-order valence-electron chi connectivity index (χ1n) is 7.28. The topological polar surface area (TPSA) is 113 Å². The summed E-state index contributed by atoms with van der Waals surface area (Å²) >= 11 is 0. The Morgan fingerprint density at radius 3 is 2.48 bits per heavy atom. The Balaban J connectivity index is 2.89. The number of nitrogens with one attached hydrogen (secondary N) is 1. The van der Waals surface area contributed by atoms with Gasteiger partial charge in [-0.1, -0.05) is 19.8 Å². The molecule has 1 aliphatic carbocycles. The molecule has 0 aromatic carbocycles. The molecule has 0 aromatic heterocycles. The van der Waals surface area contributed by atoms with Crippen LogP contribution in [0.1, 0.15) is 46.5 Å². The second-order valence-corrected chi connectivity index (χ2v) is 6.21. The Morgan fingerprint density at radius 1 is 1.43 bits per heavy atom. The summed E-state index contributed by atoms with van der Waals surface area (Å²) in [6, 6.07) is -0.801. The van der Waals surface area contributed by atoms with Crippen LogP contribution in [0.15, 0.2) is 0 Å². The van der Waals surface area contributed by atoms with E-state index >= 15 is 0 Å². The van der Waals surface area contributed by atoms with Crippen molar-refractivity contribution in [3.63, 3.8) is 0 Å². The van der Waals surface area contributed by atoms with Crippen LogP contribution in [0.2, 0.25) is 0 Å². The number of amides is 3. The quantitative estimate of drug-likeness (QED) is 0.700. The van der Waals surface area contributed by atoms with E-state index in [1.165, 1.54) is 4.90 Å². The number of rotatable bonds is 5. The van der Waals surface area contributed by atoms with Gasteiger partial charge in [-0.3, -0.25) is 4.79 Å². The first kappa shape index (κ1) is 17.3. The molecule has 0 heterocycles. The third-order valence-corrected chi connectivity index (χ3v) is 3.96. The van der Waals surface area contributed by atoms with E-state index in [2.05, 4.69) is 5.32 Å². The van der Waals surface area contributed by atoms with Gasteiger partial charge in [-0.2, -0.15) is 0 Å². The SMILES string of the molecule is CC1CCCC(NC(=O)N(CC(N)=O)C(C)C)(C(=O)O)C1. The van der Waals surface area contributed by atoms with Crippen LogP contribution in [0.5, 0.6) is 0 Å². The van der Waals surface area contributed by atoms with E-state index in [0.29, 0.717) is 12.8 Å². The maximum absolute atomic E-state index is 12.3. The van der Waals surface area contributed by atoms with Crippen LogP contribution >= 0.6 is 0 Å². The van der Waals surface area contributed by atoms with Crippen molar-refractivity contribution >= 4 is 17.9 Å². The van der Waals surface area contributed by atoms with Crippen molar-refractivity contribution < 1.29 is 19.5 Å². The zero-order valence-electron chi connectivity index (χ0n) is 12.9. The van der Waals surface area contributed by atoms with Crippen molar-refractivity contribution in [2.75, 3.05) is 6.54 Å². The van der Waals surface area contributed by atoms with Crippen molar-refractivity contribution in [1.82, 2.24) is 10.2 Å². The lowest BCUT2D eigenvalue weighted by atomic mass is 9.76. The van der Waals surface area contributed by atoms with E-state index in [4.69, 9.17) is 5.73 Å². The van der Waals surface area contributed by atoms with E-state index in [0.717, 1.165) is 12.8 Å². The maximum atomic E-state index is 12.3. The second kappa shape index (κ2) is 6.78. The van der Waals surface area contributed by atoms with E-state index in [-0.39, 0.29) is 18.5 Å². The van der Waals surface area contributed by atoms with Gasteiger partial charge in [0.15, 0.2) is 0 Å². The number of carboxylic acid groups (broad SMARTS) is 1. The third kappa shape index (κ3) is 4.34. The van der Waals surface area contributed by atoms with Crippen molar-refractivity contribution in [3.05, 3.63) is 0 Å². The van der Waals surface area contributed by atoms with E-state index in [1.54, 1.807) is 13.8 Å². The largest absolute Gasteiger partial charge is 0.480 e. The molecule has 0 saturated heterocycles. The zero-order chi connectivity index (χ0) is 16.2. The van der Waals surface area contributed by atoms with Crippen molar-refractivity contribution in [1.29, 1.82) is 0 Å². The predicted octanol–water partition coefficient (Wildman–Crippen LogP) is 0.925. The molecule has 120 valence electrons. The van der Waals surface area contributed by atoms with Gasteiger partial charge in [0.05, 0.1) is 0 Å². The molecule has 1 saturated carbocycles. The number of aliphatic carboxylic acids is 1. The lowest BCUT2D eigenvalue weighted by Gasteiger charge is -2.39. The van der Waals surface area contributed by atoms with Crippen molar-refractivity contribution in [3.8, 4) is 0 Å². The average molecular weight is 299 g/mol. The van der Waals surface area contributed by atoms with Gasteiger partial charge in [0, 0.05) is 6.04 Å². The van der Waals surface area contributed by atoms with Gasteiger partial charge in [-0.25, -0.2) is 9.59 Å². The number of hydrogen-bond donors (Lipinski definition) is 3. The smallest absolute Gasteiger partial charge is 0.329 e. The molecule has 1 aliphatic rings. The third-order valence-electron chi connectivity index (χ3n) is 3.96. The molecule has 1 rings (SSSR count). The molecule has 0 spiro atoms. The minimum atomic E-state index is -1.25. The number of carbonyl (C=O) groups excluding carboxylic acids is 2. The Kier molecular flexibility index (Phi) is 5.57. The Bertz CT molecular complexity index is 424. The molecule has 2 atom stereocenters. The van der Waals surface area contributed by atoms with Gasteiger partial charge >= 0.3 is 12.0 Å². The maximum Gasteiger partial charge on any atom is 0.329 e. The first-order valence-corrected chi connectivity index (χ1v) is 7.28. The normalized spacial score (nSPS) is 25.4. The van der Waals surface area contributed by atoms with Gasteiger partial charge in [0.25, 0.3) is 0 Å². The molecule has 21 heavy (non-hydrogen) atoms. The highest BCUT2D eigenvalue weighted by molar-refractivity contribution is 5.88. The summed E-state index contributed by atoms with van der Waals surface area (Å²) in [6.07, 6.45) is 2.52. The van der Waals surface area contributed by atoms with Crippen LogP contribution in [0.4, 0.5) is 4.79 Å². The van der Waals surface area contributed by atoms with Gasteiger partial charge in [0.1, 0.15) is 12.1 Å². The highest BCUT2D eigenvalue weighted by Crippen LogP contribution is 2.32. The average Bonchev–Trinajstić information content (AvgIpc) is 2.35. The lowest BCUT2D eigenvalue weighted by molar-refractivity contribution is -0.146. The van der Waals surface area contributed by atoms with Crippen LogP contribution in [-0.4, -0.2) is 46.0 Å². The molecular weight excluding hydrogens is 274 g/mol. The lowest BCUT2D eigenvalue weighted by Crippen LogP contribution is -2.61. The van der Waals surface area contributed by atoms with Crippen LogP contribution in [0, 0.1) is 5.92 Å². The van der Waals surface area contributed by atoms with Crippen molar-refractivity contribution in [2.45, 2.75) is 58.0 Å². The molecule has 2 unspecified atom stereocenters. The van der Waals surface area contributed by atoms with Gasteiger partial charge in [-0.05, 0) is 32.6 Å². The zero-order valence-corrected chi connectivity index (χ0v) is 12.9. The van der Waals surface area contributed by atoms with Crippen LogP contribution in [0.3, 0.4) is 0 Å². The molecular formula is C14H25N3O4. The molecule has 0 aromatic rings. The summed E-state index contributed by atoms with van der Waals surface area (Å²) in [5.74, 6) is -1.41. The van der Waals surface area contributed by atoms with Gasteiger partial charge in [0.2, 0.25) is 5.91 Å². The number of carbonyl (C=O) groups is 3. The molecule has 7 nitrogen and oxygen atoms in total. The summed E-state index contributed by atoms with van der Waals surface area (Å²) < 4.78 is 0. The minimum Gasteiger partial charge on any atom is -0.480 e. The molecule has 4 N–H and O–H groups in total. The van der Waals surface area contributed by atoms with E-state index in [1.807, 2.05) is 6.92 Å². The van der Waals surface area contributed by atoms with E-state index in [9.17, 15) is 19.5 Å². The highest BCUT2D eigenvalue weighted by atomic mass is 16.4. The number of hydrogen-bond acceptors (Lipinski definition) is 3. The fraction of sp³-hybridized carbons (Fsp3) is 0.786. The standard InChI is InChI=1S/C14H25N3O4/c1-9(2)17(8-11(15)18)13(21)16-14(12(19)20)6-4-5-10(3)7-14/h9-10H,4-8H2,1-3H3,(H2,15,18)(H,16,21)(H,19,20). The number of carboxylic acids is 1. The summed E-state index contributed by atoms with van der Waals surface area (Å²) in [5.41, 5.74) is 3.89. The highest BCUT2D eigenvalue weighted by Gasteiger charge is 2.44. The fourth-order valence-electron chi connectivity index (χ4n) is 2.85. The first-order chi connectivity index (χ1) is 9.68. The van der Waals surface area contributed by atoms with Gasteiger partial charge < -0.3 is 21.1 Å². The monoisotopic (exact) mass is 299 g/mol. The Hall–Kier alpha value is -1.79. The van der Waals surface area contributed by atoms with Crippen LogP contribution in [0.25, 0.3) is 0 Å². The molecule has 0 radical (unpaired) electrons. The minimum absolute atomic E-state index is 0.227. The van der Waals surface area contributed by atoms with Crippen LogP contribution < -0.4 is 11.1 Å². The molecule has 0 bridgehead atoms. The van der Waals surface area contributed by atoms with Crippen molar-refractivity contribution in [2.24, 2.45) is 11.7 Å².